The van der Waals surface area contributed by atoms with E-state index < -0.39 is 0 Å². The molecule has 0 radical (unpaired) electrons. The molecule has 28 heavy (non-hydrogen) atoms. The highest BCUT2D eigenvalue weighted by molar-refractivity contribution is 5.81. The summed E-state index contributed by atoms with van der Waals surface area (Å²) in [4.78, 5) is 17.8. The molecule has 0 saturated carbocycles. The van der Waals surface area contributed by atoms with Crippen LogP contribution in [0.25, 0.3) is 16.6 Å². The summed E-state index contributed by atoms with van der Waals surface area (Å²) >= 11 is 0. The lowest BCUT2D eigenvalue weighted by Gasteiger charge is -2.13. The van der Waals surface area contributed by atoms with Crippen molar-refractivity contribution in [2.75, 3.05) is 5.43 Å². The van der Waals surface area contributed by atoms with E-state index >= 15 is 0 Å². The van der Waals surface area contributed by atoms with Gasteiger partial charge in [0.05, 0.1) is 22.8 Å². The molecule has 138 valence electrons. The second-order valence-corrected chi connectivity index (χ2v) is 6.71. The van der Waals surface area contributed by atoms with Crippen LogP contribution in [0, 0.1) is 13.8 Å². The number of nitrogens with zero attached hydrogens (tertiary/aromatic N) is 3. The number of nitrogens with one attached hydrogen (secondary N) is 1. The van der Waals surface area contributed by atoms with Crippen molar-refractivity contribution in [2.24, 2.45) is 5.10 Å². The first-order chi connectivity index (χ1) is 13.6. The van der Waals surface area contributed by atoms with Gasteiger partial charge in [-0.2, -0.15) is 5.10 Å². The van der Waals surface area contributed by atoms with Crippen molar-refractivity contribution >= 4 is 23.1 Å². The SMILES string of the molecule is Cc1ccc(/C=N/Nc2nc3ccccc3c(=O)n2-c2cccc(C)c2)cc1. The largest absolute Gasteiger partial charge is 0.268 e. The normalized spacial score (nSPS) is 11.2. The lowest BCUT2D eigenvalue weighted by atomic mass is 10.2. The first kappa shape index (κ1) is 17.7. The van der Waals surface area contributed by atoms with Crippen molar-refractivity contribution in [3.8, 4) is 5.69 Å². The van der Waals surface area contributed by atoms with Gasteiger partial charge >= 0.3 is 0 Å². The smallest absolute Gasteiger partial charge is 0.267 e. The Kier molecular flexibility index (Phi) is 4.72. The highest BCUT2D eigenvalue weighted by Gasteiger charge is 2.12. The molecule has 0 unspecified atom stereocenters. The Morgan fingerprint density at radius 2 is 1.71 bits per heavy atom. The molecule has 5 heteroatoms. The van der Waals surface area contributed by atoms with Gasteiger partial charge in [0, 0.05) is 0 Å². The Morgan fingerprint density at radius 1 is 0.929 bits per heavy atom. The van der Waals surface area contributed by atoms with E-state index in [1.165, 1.54) is 5.56 Å². The van der Waals surface area contributed by atoms with Crippen molar-refractivity contribution in [2.45, 2.75) is 13.8 Å². The Balaban J connectivity index is 1.80. The fourth-order valence-corrected chi connectivity index (χ4v) is 3.03. The van der Waals surface area contributed by atoms with E-state index in [4.69, 9.17) is 0 Å². The van der Waals surface area contributed by atoms with Gasteiger partial charge in [-0.3, -0.25) is 4.79 Å². The average molecular weight is 368 g/mol. The van der Waals surface area contributed by atoms with Crippen LogP contribution in [0.1, 0.15) is 16.7 Å². The quantitative estimate of drug-likeness (QED) is 0.428. The van der Waals surface area contributed by atoms with E-state index in [1.807, 2.05) is 80.6 Å². The summed E-state index contributed by atoms with van der Waals surface area (Å²) in [6, 6.07) is 23.1. The van der Waals surface area contributed by atoms with Gasteiger partial charge < -0.3 is 0 Å². The van der Waals surface area contributed by atoms with Crippen LogP contribution >= 0.6 is 0 Å². The van der Waals surface area contributed by atoms with Gasteiger partial charge in [0.15, 0.2) is 0 Å². The summed E-state index contributed by atoms with van der Waals surface area (Å²) in [5.41, 5.74) is 7.40. The highest BCUT2D eigenvalue weighted by Crippen LogP contribution is 2.17. The molecule has 0 aliphatic rings. The third-order valence-electron chi connectivity index (χ3n) is 4.49. The summed E-state index contributed by atoms with van der Waals surface area (Å²) in [7, 11) is 0. The number of anilines is 1. The van der Waals surface area contributed by atoms with Crippen molar-refractivity contribution in [3.05, 3.63) is 99.8 Å². The number of hydrogen-bond donors (Lipinski definition) is 1. The lowest BCUT2D eigenvalue weighted by Crippen LogP contribution is -2.22. The molecule has 4 aromatic rings. The van der Waals surface area contributed by atoms with Crippen molar-refractivity contribution in [1.29, 1.82) is 0 Å². The number of hydrazone groups is 1. The number of aryl methyl sites for hydroxylation is 2. The van der Waals surface area contributed by atoms with Gasteiger partial charge in [-0.1, -0.05) is 54.1 Å². The second kappa shape index (κ2) is 7.48. The van der Waals surface area contributed by atoms with E-state index in [0.717, 1.165) is 16.8 Å². The van der Waals surface area contributed by atoms with Crippen LogP contribution in [0.3, 0.4) is 0 Å². The Bertz CT molecular complexity index is 1220. The summed E-state index contributed by atoms with van der Waals surface area (Å²) in [6.45, 7) is 4.03. The predicted octanol–water partition coefficient (Wildman–Crippen LogP) is 4.45. The molecule has 0 aliphatic carbocycles. The molecule has 1 heterocycles. The van der Waals surface area contributed by atoms with Crippen molar-refractivity contribution < 1.29 is 0 Å². The van der Waals surface area contributed by atoms with Gasteiger partial charge in [-0.05, 0) is 49.2 Å². The third kappa shape index (κ3) is 3.55. The molecule has 0 aliphatic heterocycles. The van der Waals surface area contributed by atoms with Crippen LogP contribution < -0.4 is 11.0 Å². The maximum atomic E-state index is 13.2. The van der Waals surface area contributed by atoms with E-state index in [-0.39, 0.29) is 5.56 Å². The molecule has 1 N–H and O–H groups in total. The fraction of sp³-hybridized carbons (Fsp3) is 0.0870. The van der Waals surface area contributed by atoms with E-state index in [1.54, 1.807) is 16.8 Å². The van der Waals surface area contributed by atoms with Gasteiger partial charge in [-0.15, -0.1) is 0 Å². The monoisotopic (exact) mass is 368 g/mol. The first-order valence-electron chi connectivity index (χ1n) is 9.06. The van der Waals surface area contributed by atoms with Crippen LogP contribution in [0.15, 0.2) is 82.7 Å². The Labute approximate surface area is 163 Å². The molecule has 0 amide bonds. The Morgan fingerprint density at radius 3 is 2.50 bits per heavy atom. The maximum absolute atomic E-state index is 13.2. The third-order valence-corrected chi connectivity index (χ3v) is 4.49. The molecule has 0 saturated heterocycles. The van der Waals surface area contributed by atoms with Crippen molar-refractivity contribution in [1.82, 2.24) is 9.55 Å². The molecule has 1 aromatic heterocycles. The van der Waals surface area contributed by atoms with Gasteiger partial charge in [0.25, 0.3) is 5.56 Å². The number of hydrogen-bond acceptors (Lipinski definition) is 4. The predicted molar refractivity (Wildman–Crippen MR) is 114 cm³/mol. The minimum Gasteiger partial charge on any atom is -0.268 e. The minimum absolute atomic E-state index is 0.135. The Hall–Kier alpha value is -3.73. The number of aromatic nitrogens is 2. The standard InChI is InChI=1S/C23H20N4O/c1-16-10-12-18(13-11-16)15-24-26-23-25-21-9-4-3-8-20(21)22(28)27(23)19-7-5-6-17(2)14-19/h3-15H,1-2H3,(H,25,26)/b24-15+. The van der Waals surface area contributed by atoms with Gasteiger partial charge in [0.1, 0.15) is 0 Å². The van der Waals surface area contributed by atoms with Crippen LogP contribution in [0.4, 0.5) is 5.95 Å². The number of fused-ring (bicyclic) bond motifs is 1. The van der Waals surface area contributed by atoms with Gasteiger partial charge in [0.2, 0.25) is 5.95 Å². The fourth-order valence-electron chi connectivity index (χ4n) is 3.03. The molecule has 0 spiro atoms. The van der Waals surface area contributed by atoms with Gasteiger partial charge in [-0.25, -0.2) is 15.0 Å². The number of benzene rings is 3. The lowest BCUT2D eigenvalue weighted by molar-refractivity contribution is 0.955. The summed E-state index contributed by atoms with van der Waals surface area (Å²) in [5.74, 6) is 0.373. The molecule has 3 aromatic carbocycles. The molecule has 0 fully saturated rings. The van der Waals surface area contributed by atoms with Crippen LogP contribution in [-0.4, -0.2) is 15.8 Å². The molecular weight excluding hydrogens is 348 g/mol. The molecular formula is C23H20N4O. The molecule has 0 bridgehead atoms. The summed E-state index contributed by atoms with van der Waals surface area (Å²) in [5, 5.41) is 4.87. The first-order valence-corrected chi connectivity index (χ1v) is 9.06. The van der Waals surface area contributed by atoms with Crippen LogP contribution in [-0.2, 0) is 0 Å². The zero-order chi connectivity index (χ0) is 19.5. The molecule has 5 nitrogen and oxygen atoms in total. The summed E-state index contributed by atoms with van der Waals surface area (Å²) in [6.07, 6.45) is 1.71. The minimum atomic E-state index is -0.135. The number of rotatable bonds is 4. The molecule has 0 atom stereocenters. The van der Waals surface area contributed by atoms with Crippen LogP contribution in [0.2, 0.25) is 0 Å². The number of para-hydroxylation sites is 1. The highest BCUT2D eigenvalue weighted by atomic mass is 16.1. The molecule has 4 rings (SSSR count). The van der Waals surface area contributed by atoms with Crippen molar-refractivity contribution in [3.63, 3.8) is 0 Å². The van der Waals surface area contributed by atoms with E-state index in [0.29, 0.717) is 16.9 Å². The van der Waals surface area contributed by atoms with E-state index in [9.17, 15) is 4.79 Å². The maximum Gasteiger partial charge on any atom is 0.267 e. The average Bonchev–Trinajstić information content (AvgIpc) is 2.70. The summed E-state index contributed by atoms with van der Waals surface area (Å²) < 4.78 is 1.56. The second-order valence-electron chi connectivity index (χ2n) is 6.71. The zero-order valence-electron chi connectivity index (χ0n) is 15.8. The topological polar surface area (TPSA) is 59.3 Å². The zero-order valence-corrected chi connectivity index (χ0v) is 15.8. The van der Waals surface area contributed by atoms with Crippen LogP contribution in [0.5, 0.6) is 0 Å². The van der Waals surface area contributed by atoms with E-state index in [2.05, 4.69) is 15.5 Å².